The number of nitrogens with zero attached hydrogens (tertiary/aromatic N) is 1. The maximum Gasteiger partial charge on any atom is 0.461 e. The number of benzene rings is 2. The van der Waals surface area contributed by atoms with Crippen LogP contribution in [-0.2, 0) is 9.53 Å². The zero-order valence-electron chi connectivity index (χ0n) is 13.0. The molecule has 0 saturated heterocycles. The van der Waals surface area contributed by atoms with E-state index in [9.17, 15) is 22.4 Å². The Hall–Kier alpha value is -3.16. The van der Waals surface area contributed by atoms with Gasteiger partial charge in [-0.05, 0) is 35.9 Å². The van der Waals surface area contributed by atoms with E-state index >= 15 is 0 Å². The number of halogens is 4. The molecule has 1 heterocycles. The van der Waals surface area contributed by atoms with Gasteiger partial charge in [0.05, 0.1) is 0 Å². The molecule has 0 radical (unpaired) electrons. The number of hydrogen-bond donors (Lipinski definition) is 0. The molecule has 2 aromatic rings. The van der Waals surface area contributed by atoms with Crippen molar-refractivity contribution < 1.29 is 31.8 Å². The van der Waals surface area contributed by atoms with Crippen molar-refractivity contribution in [1.82, 2.24) is 0 Å². The summed E-state index contributed by atoms with van der Waals surface area (Å²) in [7, 11) is 0. The molecule has 0 saturated carbocycles. The number of ether oxygens (including phenoxy) is 2. The summed E-state index contributed by atoms with van der Waals surface area (Å²) in [6.45, 7) is 0. The number of carbonyl (C=O) groups is 1. The van der Waals surface area contributed by atoms with Crippen molar-refractivity contribution in [2.75, 3.05) is 0 Å². The summed E-state index contributed by atoms with van der Waals surface area (Å²) in [4.78, 5) is 16.0. The minimum Gasteiger partial charge on any atom is -0.428 e. The van der Waals surface area contributed by atoms with E-state index < -0.39 is 24.3 Å². The first kappa shape index (κ1) is 17.7. The molecule has 0 N–H and O–H groups in total. The van der Waals surface area contributed by atoms with Gasteiger partial charge in [-0.2, -0.15) is 17.6 Å². The zero-order chi connectivity index (χ0) is 18.7. The normalized spacial score (nSPS) is 16.0. The highest BCUT2D eigenvalue weighted by Crippen LogP contribution is 2.28. The molecule has 0 bridgehead atoms. The number of rotatable bonds is 5. The van der Waals surface area contributed by atoms with Gasteiger partial charge >= 0.3 is 18.5 Å². The van der Waals surface area contributed by atoms with E-state index in [1.165, 1.54) is 18.2 Å². The number of aliphatic imine (C=N–C) groups is 1. The highest BCUT2D eigenvalue weighted by molar-refractivity contribution is 6.12. The first-order valence-corrected chi connectivity index (χ1v) is 7.38. The van der Waals surface area contributed by atoms with E-state index in [1.54, 1.807) is 30.3 Å². The molecule has 1 aliphatic heterocycles. The lowest BCUT2D eigenvalue weighted by molar-refractivity contribution is -0.253. The Labute approximate surface area is 145 Å². The van der Waals surface area contributed by atoms with Gasteiger partial charge in [0.15, 0.2) is 5.70 Å². The van der Waals surface area contributed by atoms with E-state index in [0.717, 1.165) is 12.1 Å². The smallest absolute Gasteiger partial charge is 0.428 e. The summed E-state index contributed by atoms with van der Waals surface area (Å²) in [6.07, 6.45) is -7.14. The third kappa shape index (κ3) is 3.90. The zero-order valence-corrected chi connectivity index (χ0v) is 13.0. The van der Waals surface area contributed by atoms with Gasteiger partial charge in [-0.1, -0.05) is 30.3 Å². The van der Waals surface area contributed by atoms with Crippen LogP contribution in [0.4, 0.5) is 17.6 Å². The Kier molecular flexibility index (Phi) is 4.75. The summed E-state index contributed by atoms with van der Waals surface area (Å²) >= 11 is 0. The monoisotopic (exact) mass is 365 g/mol. The Bertz CT molecular complexity index is 862. The third-order valence-electron chi connectivity index (χ3n) is 3.33. The van der Waals surface area contributed by atoms with Gasteiger partial charge in [-0.15, -0.1) is 0 Å². The molecule has 4 nitrogen and oxygen atoms in total. The summed E-state index contributed by atoms with van der Waals surface area (Å²) in [5.41, 5.74) is 1.08. The Morgan fingerprint density at radius 2 is 1.69 bits per heavy atom. The van der Waals surface area contributed by atoms with Gasteiger partial charge in [0, 0.05) is 5.56 Å². The van der Waals surface area contributed by atoms with Crippen molar-refractivity contribution in [1.29, 1.82) is 0 Å². The maximum absolute atomic E-state index is 12.9. The molecule has 3 rings (SSSR count). The van der Waals surface area contributed by atoms with Crippen LogP contribution < -0.4 is 4.74 Å². The maximum atomic E-state index is 12.9. The molecule has 1 aliphatic rings. The van der Waals surface area contributed by atoms with Crippen LogP contribution in [0.3, 0.4) is 0 Å². The lowest BCUT2D eigenvalue weighted by Gasteiger charge is -2.16. The molecular weight excluding hydrogens is 354 g/mol. The fourth-order valence-corrected chi connectivity index (χ4v) is 2.10. The quantitative estimate of drug-likeness (QED) is 0.452. The van der Waals surface area contributed by atoms with Crippen LogP contribution in [0.25, 0.3) is 6.08 Å². The number of hydrogen-bond acceptors (Lipinski definition) is 4. The Morgan fingerprint density at radius 3 is 2.31 bits per heavy atom. The lowest BCUT2D eigenvalue weighted by Crippen LogP contribution is -2.33. The third-order valence-corrected chi connectivity index (χ3v) is 3.33. The van der Waals surface area contributed by atoms with Crippen LogP contribution in [0.15, 0.2) is 65.3 Å². The van der Waals surface area contributed by atoms with Gasteiger partial charge in [-0.25, -0.2) is 9.79 Å². The van der Waals surface area contributed by atoms with E-state index in [1.807, 2.05) is 0 Å². The van der Waals surface area contributed by atoms with Crippen LogP contribution in [0, 0.1) is 0 Å². The predicted molar refractivity (Wildman–Crippen MR) is 85.1 cm³/mol. The van der Waals surface area contributed by atoms with E-state index in [0.29, 0.717) is 11.1 Å². The van der Waals surface area contributed by atoms with Gasteiger partial charge in [0.25, 0.3) is 0 Å². The number of alkyl halides is 4. The lowest BCUT2D eigenvalue weighted by atomic mass is 10.2. The Morgan fingerprint density at radius 1 is 1.04 bits per heavy atom. The first-order chi connectivity index (χ1) is 12.3. The van der Waals surface area contributed by atoms with Crippen LogP contribution in [-0.4, -0.2) is 24.4 Å². The Balaban J connectivity index is 1.78. The molecule has 0 spiro atoms. The second-order valence-electron chi connectivity index (χ2n) is 5.24. The van der Waals surface area contributed by atoms with Crippen molar-refractivity contribution in [2.24, 2.45) is 4.99 Å². The molecule has 2 aromatic carbocycles. The van der Waals surface area contributed by atoms with E-state index in [4.69, 9.17) is 4.74 Å². The average Bonchev–Trinajstić information content (AvgIpc) is 2.98. The molecule has 0 unspecified atom stereocenters. The molecule has 0 atom stereocenters. The molecule has 0 aliphatic carbocycles. The predicted octanol–water partition coefficient (Wildman–Crippen LogP) is 4.27. The largest absolute Gasteiger partial charge is 0.461 e. The fourth-order valence-electron chi connectivity index (χ4n) is 2.10. The topological polar surface area (TPSA) is 47.9 Å². The summed E-state index contributed by atoms with van der Waals surface area (Å²) < 4.78 is 59.0. The number of carbonyl (C=O) groups excluding carboxylic acids is 1. The van der Waals surface area contributed by atoms with Crippen LogP contribution in [0.1, 0.15) is 11.1 Å². The molecule has 0 amide bonds. The summed E-state index contributed by atoms with van der Waals surface area (Å²) in [5, 5.41) is 0. The van der Waals surface area contributed by atoms with Gasteiger partial charge in [0.2, 0.25) is 5.90 Å². The highest BCUT2D eigenvalue weighted by Gasteiger charge is 2.43. The standard InChI is InChI=1S/C18H11F4NO3/c19-17(20)18(21,22)26-13-8-6-11(7-9-13)10-14-16(24)25-15(23-14)12-4-2-1-3-5-12/h1-10,17H. The van der Waals surface area contributed by atoms with Crippen molar-refractivity contribution >= 4 is 17.9 Å². The summed E-state index contributed by atoms with van der Waals surface area (Å²) in [5.74, 6) is -0.938. The highest BCUT2D eigenvalue weighted by atomic mass is 19.3. The van der Waals surface area contributed by atoms with E-state index in [2.05, 4.69) is 9.73 Å². The summed E-state index contributed by atoms with van der Waals surface area (Å²) in [6, 6.07) is 13.6. The van der Waals surface area contributed by atoms with Crippen LogP contribution in [0.2, 0.25) is 0 Å². The second-order valence-corrected chi connectivity index (χ2v) is 5.24. The SMILES string of the molecule is O=C1OC(c2ccccc2)=NC1=Cc1ccc(OC(F)(F)C(F)F)cc1. The van der Waals surface area contributed by atoms with Crippen molar-refractivity contribution in [3.8, 4) is 5.75 Å². The molecule has 26 heavy (non-hydrogen) atoms. The minimum absolute atomic E-state index is 0.0235. The molecule has 0 aromatic heterocycles. The van der Waals surface area contributed by atoms with E-state index in [-0.39, 0.29) is 11.6 Å². The van der Waals surface area contributed by atoms with Crippen molar-refractivity contribution in [2.45, 2.75) is 12.5 Å². The molecule has 8 heteroatoms. The van der Waals surface area contributed by atoms with Crippen LogP contribution >= 0.6 is 0 Å². The van der Waals surface area contributed by atoms with Gasteiger partial charge < -0.3 is 9.47 Å². The fraction of sp³-hybridized carbons (Fsp3) is 0.111. The van der Waals surface area contributed by atoms with Crippen molar-refractivity contribution in [3.63, 3.8) is 0 Å². The van der Waals surface area contributed by atoms with Gasteiger partial charge in [-0.3, -0.25) is 0 Å². The second kappa shape index (κ2) is 6.99. The number of esters is 1. The number of cyclic esters (lactones) is 1. The minimum atomic E-state index is -4.58. The first-order valence-electron chi connectivity index (χ1n) is 7.38. The van der Waals surface area contributed by atoms with Crippen molar-refractivity contribution in [3.05, 3.63) is 71.4 Å². The van der Waals surface area contributed by atoms with Gasteiger partial charge in [0.1, 0.15) is 5.75 Å². The molecule has 0 fully saturated rings. The molecule has 134 valence electrons. The average molecular weight is 365 g/mol. The van der Waals surface area contributed by atoms with Crippen LogP contribution in [0.5, 0.6) is 5.75 Å². The molecular formula is C18H11F4NO3.